The highest BCUT2D eigenvalue weighted by molar-refractivity contribution is 7.71. The molecule has 0 atom stereocenters. The van der Waals surface area contributed by atoms with E-state index in [-0.39, 0.29) is 16.2 Å². The van der Waals surface area contributed by atoms with E-state index in [9.17, 15) is 9.59 Å². The largest absolute Gasteiger partial charge is 0.322 e. The van der Waals surface area contributed by atoms with Gasteiger partial charge in [0, 0.05) is 11.3 Å². The van der Waals surface area contributed by atoms with Crippen molar-refractivity contribution in [2.45, 2.75) is 58.3 Å². The third-order valence-electron chi connectivity index (χ3n) is 4.26. The van der Waals surface area contributed by atoms with E-state index in [1.807, 2.05) is 0 Å². The van der Waals surface area contributed by atoms with Gasteiger partial charge in [0.05, 0.1) is 5.39 Å². The number of aromatic nitrogens is 2. The number of carbonyl (C=O) groups excluding carboxylic acids is 1. The maximum atomic E-state index is 12.8. The Hall–Kier alpha value is -1.47. The summed E-state index contributed by atoms with van der Waals surface area (Å²) < 4.78 is 1.45. The van der Waals surface area contributed by atoms with Gasteiger partial charge in [0.15, 0.2) is 0 Å². The molecule has 0 aliphatic heterocycles. The number of unbranched alkanes of at least 4 members (excludes halogenated alkanes) is 3. The lowest BCUT2D eigenvalue weighted by atomic mass is 10.1. The van der Waals surface area contributed by atoms with Gasteiger partial charge >= 0.3 is 0 Å². The van der Waals surface area contributed by atoms with Crippen molar-refractivity contribution in [1.82, 2.24) is 9.66 Å². The molecule has 0 saturated heterocycles. The van der Waals surface area contributed by atoms with E-state index in [1.165, 1.54) is 9.55 Å². The first-order valence-corrected chi connectivity index (χ1v) is 9.43. The highest BCUT2D eigenvalue weighted by Gasteiger charge is 2.21. The molecule has 7 heteroatoms. The van der Waals surface area contributed by atoms with Crippen LogP contribution < -0.4 is 11.0 Å². The van der Waals surface area contributed by atoms with Gasteiger partial charge < -0.3 is 4.98 Å². The van der Waals surface area contributed by atoms with Crippen LogP contribution in [0.3, 0.4) is 0 Å². The first kappa shape index (κ1) is 16.4. The standard InChI is InChI=1S/C16H21N3O2S2/c1-2-3-4-5-9-12(20)18-19-15(21)13-10-7-6-8-11(10)23-14(13)17-16(19)22/h2-9H2,1H3,(H,17,22)(H,18,20). The van der Waals surface area contributed by atoms with Crippen molar-refractivity contribution in [3.05, 3.63) is 25.6 Å². The number of hydrogen-bond donors (Lipinski definition) is 2. The number of rotatable bonds is 6. The van der Waals surface area contributed by atoms with Gasteiger partial charge in [0.1, 0.15) is 4.83 Å². The Balaban J connectivity index is 1.85. The number of thiophene rings is 1. The number of hydrogen-bond acceptors (Lipinski definition) is 4. The van der Waals surface area contributed by atoms with Gasteiger partial charge in [-0.25, -0.2) is 0 Å². The number of nitrogens with zero attached hydrogens (tertiary/aromatic N) is 1. The highest BCUT2D eigenvalue weighted by Crippen LogP contribution is 2.34. The number of H-pyrrole nitrogens is 1. The summed E-state index contributed by atoms with van der Waals surface area (Å²) in [6.45, 7) is 2.13. The number of nitrogens with one attached hydrogen (secondary N) is 2. The molecule has 2 aromatic heterocycles. The molecule has 3 rings (SSSR count). The Morgan fingerprint density at radius 3 is 2.96 bits per heavy atom. The third-order valence-corrected chi connectivity index (χ3v) is 5.75. The molecule has 124 valence electrons. The summed E-state index contributed by atoms with van der Waals surface area (Å²) in [4.78, 5) is 30.0. The zero-order valence-electron chi connectivity index (χ0n) is 13.2. The SMILES string of the molecule is CCCCCCC(=O)Nn1c(=S)[nH]c2sc3c(c2c1=O)CCC3. The Labute approximate surface area is 143 Å². The smallest absolute Gasteiger partial charge is 0.282 e. The second kappa shape index (κ2) is 6.97. The summed E-state index contributed by atoms with van der Waals surface area (Å²) in [7, 11) is 0. The van der Waals surface area contributed by atoms with E-state index in [4.69, 9.17) is 12.2 Å². The van der Waals surface area contributed by atoms with Crippen molar-refractivity contribution in [3.8, 4) is 0 Å². The molecule has 1 aliphatic rings. The first-order chi connectivity index (χ1) is 11.1. The van der Waals surface area contributed by atoms with Gasteiger partial charge in [-0.15, -0.1) is 11.3 Å². The molecule has 0 aromatic carbocycles. The summed E-state index contributed by atoms with van der Waals surface area (Å²) in [6, 6.07) is 0. The molecule has 0 bridgehead atoms. The van der Waals surface area contributed by atoms with Crippen LogP contribution in [0.4, 0.5) is 0 Å². The van der Waals surface area contributed by atoms with Gasteiger partial charge in [-0.1, -0.05) is 26.2 Å². The Kier molecular flexibility index (Phi) is 4.96. The highest BCUT2D eigenvalue weighted by atomic mass is 32.1. The zero-order valence-corrected chi connectivity index (χ0v) is 14.9. The monoisotopic (exact) mass is 351 g/mol. The summed E-state index contributed by atoms with van der Waals surface area (Å²) in [5, 5.41) is 0.697. The molecule has 2 heterocycles. The molecule has 1 amide bonds. The number of amides is 1. The normalized spacial score (nSPS) is 13.4. The minimum absolute atomic E-state index is 0.158. The van der Waals surface area contributed by atoms with E-state index in [0.29, 0.717) is 11.8 Å². The quantitative estimate of drug-likeness (QED) is 0.617. The molecule has 23 heavy (non-hydrogen) atoms. The summed E-state index contributed by atoms with van der Waals surface area (Å²) >= 11 is 6.86. The predicted octanol–water partition coefficient (Wildman–Crippen LogP) is 3.65. The fraction of sp³-hybridized carbons (Fsp3) is 0.562. The van der Waals surface area contributed by atoms with E-state index >= 15 is 0 Å². The zero-order chi connectivity index (χ0) is 16.4. The molecule has 0 fully saturated rings. The molecular formula is C16H21N3O2S2. The third kappa shape index (κ3) is 3.26. The number of carbonyl (C=O) groups is 1. The molecular weight excluding hydrogens is 330 g/mol. The maximum Gasteiger partial charge on any atom is 0.282 e. The second-order valence-corrected chi connectivity index (χ2v) is 7.47. The maximum absolute atomic E-state index is 12.8. The van der Waals surface area contributed by atoms with Crippen LogP contribution in [0, 0.1) is 4.77 Å². The van der Waals surface area contributed by atoms with Crippen molar-refractivity contribution >= 4 is 39.7 Å². The molecule has 0 unspecified atom stereocenters. The topological polar surface area (TPSA) is 66.9 Å². The second-order valence-electron chi connectivity index (χ2n) is 5.98. The number of aryl methyl sites for hydroxylation is 2. The van der Waals surface area contributed by atoms with Crippen molar-refractivity contribution in [3.63, 3.8) is 0 Å². The van der Waals surface area contributed by atoms with Crippen molar-refractivity contribution in [1.29, 1.82) is 0 Å². The van der Waals surface area contributed by atoms with Crippen LogP contribution in [0.2, 0.25) is 0 Å². The van der Waals surface area contributed by atoms with Gasteiger partial charge in [-0.05, 0) is 43.5 Å². The van der Waals surface area contributed by atoms with Crippen LogP contribution in [0.15, 0.2) is 4.79 Å². The number of fused-ring (bicyclic) bond motifs is 3. The van der Waals surface area contributed by atoms with Gasteiger partial charge in [0.2, 0.25) is 10.7 Å². The van der Waals surface area contributed by atoms with E-state index in [1.54, 1.807) is 11.3 Å². The molecule has 0 radical (unpaired) electrons. The minimum atomic E-state index is -0.204. The minimum Gasteiger partial charge on any atom is -0.322 e. The van der Waals surface area contributed by atoms with Crippen LogP contribution in [0.25, 0.3) is 10.2 Å². The molecule has 1 aliphatic carbocycles. The summed E-state index contributed by atoms with van der Waals surface area (Å²) in [5.74, 6) is -0.158. The van der Waals surface area contributed by atoms with Crippen LogP contribution in [-0.2, 0) is 17.6 Å². The summed E-state index contributed by atoms with van der Waals surface area (Å²) in [5.41, 5.74) is 3.59. The Morgan fingerprint density at radius 1 is 1.35 bits per heavy atom. The van der Waals surface area contributed by atoms with Crippen LogP contribution in [0.1, 0.15) is 55.9 Å². The van der Waals surface area contributed by atoms with Crippen LogP contribution in [0.5, 0.6) is 0 Å². The van der Waals surface area contributed by atoms with E-state index in [0.717, 1.165) is 55.3 Å². The fourth-order valence-corrected chi connectivity index (χ4v) is 4.65. The van der Waals surface area contributed by atoms with Crippen LogP contribution >= 0.6 is 23.6 Å². The lowest BCUT2D eigenvalue weighted by molar-refractivity contribution is -0.117. The lowest BCUT2D eigenvalue weighted by Crippen LogP contribution is -2.34. The average Bonchev–Trinajstić information content (AvgIpc) is 3.08. The average molecular weight is 351 g/mol. The predicted molar refractivity (Wildman–Crippen MR) is 96.4 cm³/mol. The first-order valence-electron chi connectivity index (χ1n) is 8.21. The Bertz CT molecular complexity index is 847. The molecule has 5 nitrogen and oxygen atoms in total. The van der Waals surface area contributed by atoms with Gasteiger partial charge in [-0.2, -0.15) is 4.68 Å². The number of aromatic amines is 1. The van der Waals surface area contributed by atoms with E-state index in [2.05, 4.69) is 17.3 Å². The lowest BCUT2D eigenvalue weighted by Gasteiger charge is -2.09. The molecule has 0 spiro atoms. The van der Waals surface area contributed by atoms with Crippen molar-refractivity contribution in [2.24, 2.45) is 0 Å². The molecule has 2 N–H and O–H groups in total. The Morgan fingerprint density at radius 2 is 2.17 bits per heavy atom. The van der Waals surface area contributed by atoms with E-state index < -0.39 is 0 Å². The fourth-order valence-electron chi connectivity index (χ4n) is 3.07. The molecule has 0 saturated carbocycles. The molecule has 2 aromatic rings. The van der Waals surface area contributed by atoms with Crippen molar-refractivity contribution in [2.75, 3.05) is 5.43 Å². The van der Waals surface area contributed by atoms with Crippen molar-refractivity contribution < 1.29 is 4.79 Å². The summed E-state index contributed by atoms with van der Waals surface area (Å²) in [6.07, 6.45) is 7.59. The van der Waals surface area contributed by atoms with Gasteiger partial charge in [-0.3, -0.25) is 15.0 Å². The van der Waals surface area contributed by atoms with Gasteiger partial charge in [0.25, 0.3) is 5.56 Å². The van der Waals surface area contributed by atoms with Crippen LogP contribution in [-0.4, -0.2) is 15.6 Å².